The molecule has 0 fully saturated rings. The molecule has 0 aliphatic rings. The summed E-state index contributed by atoms with van der Waals surface area (Å²) in [5.41, 5.74) is 0. The fourth-order valence-corrected chi connectivity index (χ4v) is 2.69. The van der Waals surface area contributed by atoms with Gasteiger partial charge in [-0.05, 0) is 19.3 Å². The van der Waals surface area contributed by atoms with Crippen LogP contribution in [0.15, 0.2) is 12.7 Å². The van der Waals surface area contributed by atoms with Gasteiger partial charge in [-0.2, -0.15) is 13.2 Å². The quantitative estimate of drug-likeness (QED) is 0.518. The first kappa shape index (κ1) is 16.1. The molecule has 0 aliphatic heterocycles. The molecule has 0 radical (unpaired) electrons. The number of alkyl halides is 3. The summed E-state index contributed by atoms with van der Waals surface area (Å²) >= 11 is 0. The Morgan fingerprint density at radius 2 is 2.00 bits per heavy atom. The second kappa shape index (κ2) is 5.63. The number of hydrogen-bond acceptors (Lipinski definition) is 2. The lowest BCUT2D eigenvalue weighted by atomic mass is 10.1. The van der Waals surface area contributed by atoms with Gasteiger partial charge < -0.3 is 0 Å². The maximum absolute atomic E-state index is 12.0. The first-order chi connectivity index (χ1) is 7.52. The van der Waals surface area contributed by atoms with Crippen LogP contribution in [0.2, 0.25) is 0 Å². The third-order valence-corrected chi connectivity index (χ3v) is 4.77. The fourth-order valence-electron chi connectivity index (χ4n) is 1.16. The summed E-state index contributed by atoms with van der Waals surface area (Å²) in [6.07, 6.45) is -3.09. The maximum atomic E-state index is 12.0. The van der Waals surface area contributed by atoms with Crippen molar-refractivity contribution in [2.75, 3.05) is 0 Å². The fraction of sp³-hybridized carbons (Fsp3) is 0.667. The molecule has 2 atom stereocenters. The Balaban J connectivity index is 4.74. The maximum Gasteiger partial charge on any atom is 0.472 e. The van der Waals surface area contributed by atoms with E-state index >= 15 is 0 Å². The van der Waals surface area contributed by atoms with E-state index in [1.807, 2.05) is 0 Å². The van der Waals surface area contributed by atoms with E-state index in [4.69, 9.17) is 5.14 Å². The van der Waals surface area contributed by atoms with Crippen molar-refractivity contribution in [1.82, 2.24) is 4.72 Å². The van der Waals surface area contributed by atoms with Gasteiger partial charge in [-0.1, -0.05) is 13.0 Å². The molecule has 0 unspecified atom stereocenters. The molecule has 0 rings (SSSR count). The van der Waals surface area contributed by atoms with Crippen molar-refractivity contribution < 1.29 is 22.2 Å². The number of thiol groups is 1. The number of hydrogen-bond donors (Lipinski definition) is 3. The third-order valence-electron chi connectivity index (χ3n) is 2.50. The minimum Gasteiger partial charge on any atom is -0.279 e. The monoisotopic (exact) mass is 274 g/mol. The molecule has 102 valence electrons. The molecule has 0 saturated carbocycles. The van der Waals surface area contributed by atoms with Gasteiger partial charge in [-0.3, -0.25) is 18.9 Å². The van der Waals surface area contributed by atoms with E-state index in [2.05, 4.69) is 6.58 Å². The smallest absolute Gasteiger partial charge is 0.279 e. The molecular formula is C9H17F3N2O2S. The summed E-state index contributed by atoms with van der Waals surface area (Å²) in [5, 5.41) is 4.52. The van der Waals surface area contributed by atoms with Crippen molar-refractivity contribution in [3.05, 3.63) is 12.7 Å². The number of amides is 1. The highest BCUT2D eigenvalue weighted by atomic mass is 32.3. The predicted molar refractivity (Wildman–Crippen MR) is 61.4 cm³/mol. The minimum absolute atomic E-state index is 0.239. The standard InChI is InChI=1S/C9H17F3N2O2S/c1-4-5-6(2)7(3)17(13,16)14-8(15)9(10,11)12/h4,6-7,17H,1,5H2,2-3H3,(H3,13,14,15,16)/t6-,7+/m0/s1. The molecule has 17 heavy (non-hydrogen) atoms. The molecule has 0 aromatic rings. The second-order valence-electron chi connectivity index (χ2n) is 3.89. The van der Waals surface area contributed by atoms with E-state index in [9.17, 15) is 22.2 Å². The topological polar surface area (TPSA) is 72.2 Å². The van der Waals surface area contributed by atoms with Crippen molar-refractivity contribution in [3.63, 3.8) is 0 Å². The molecule has 8 heteroatoms. The van der Waals surface area contributed by atoms with Crippen LogP contribution in [0.3, 0.4) is 0 Å². The van der Waals surface area contributed by atoms with E-state index < -0.39 is 27.6 Å². The van der Waals surface area contributed by atoms with E-state index in [0.717, 1.165) is 0 Å². The highest BCUT2D eigenvalue weighted by molar-refractivity contribution is 8.00. The highest BCUT2D eigenvalue weighted by Crippen LogP contribution is 2.20. The Morgan fingerprint density at radius 3 is 2.35 bits per heavy atom. The van der Waals surface area contributed by atoms with Crippen molar-refractivity contribution >= 4 is 16.2 Å². The minimum atomic E-state index is -5.09. The molecule has 0 heterocycles. The Labute approximate surface area is 99.1 Å². The lowest BCUT2D eigenvalue weighted by Gasteiger charge is -2.31. The highest BCUT2D eigenvalue weighted by Gasteiger charge is 2.41. The summed E-state index contributed by atoms with van der Waals surface area (Å²) in [6, 6.07) is 0. The summed E-state index contributed by atoms with van der Waals surface area (Å²) < 4.78 is 49.1. The van der Waals surface area contributed by atoms with Gasteiger partial charge in [0.1, 0.15) is 0 Å². The lowest BCUT2D eigenvalue weighted by Crippen LogP contribution is -2.54. The molecule has 1 amide bonds. The van der Waals surface area contributed by atoms with Gasteiger partial charge in [0.05, 0.1) is 0 Å². The molecule has 4 nitrogen and oxygen atoms in total. The lowest BCUT2D eigenvalue weighted by molar-refractivity contribution is -0.171. The van der Waals surface area contributed by atoms with E-state index in [-0.39, 0.29) is 5.92 Å². The number of halogens is 3. The number of nitrogens with two attached hydrogens (primary N) is 1. The van der Waals surface area contributed by atoms with Crippen LogP contribution in [0, 0.1) is 5.92 Å². The SMILES string of the molecule is C=CC[C@H](C)[C@@H](C)[SH](N)(=O)NC(=O)C(F)(F)F. The normalized spacial score (nSPS) is 17.1. The zero-order valence-electron chi connectivity index (χ0n) is 9.62. The van der Waals surface area contributed by atoms with Gasteiger partial charge in [-0.15, -0.1) is 6.58 Å². The van der Waals surface area contributed by atoms with Gasteiger partial charge in [0.15, 0.2) is 0 Å². The van der Waals surface area contributed by atoms with Crippen LogP contribution in [-0.2, 0) is 15.1 Å². The van der Waals surface area contributed by atoms with Crippen LogP contribution in [0.1, 0.15) is 20.3 Å². The molecule has 0 aromatic heterocycles. The Morgan fingerprint density at radius 1 is 1.53 bits per heavy atom. The average Bonchev–Trinajstić information content (AvgIpc) is 2.14. The number of allylic oxidation sites excluding steroid dienone is 1. The van der Waals surface area contributed by atoms with Crippen LogP contribution in [0.5, 0.6) is 0 Å². The Kier molecular flexibility index (Phi) is 5.34. The molecule has 0 saturated heterocycles. The van der Waals surface area contributed by atoms with E-state index in [1.54, 1.807) is 13.0 Å². The zero-order chi connectivity index (χ0) is 13.9. The van der Waals surface area contributed by atoms with Crippen molar-refractivity contribution in [2.24, 2.45) is 11.1 Å². The molecule has 3 N–H and O–H groups in total. The van der Waals surface area contributed by atoms with Crippen molar-refractivity contribution in [3.8, 4) is 0 Å². The van der Waals surface area contributed by atoms with Crippen molar-refractivity contribution in [2.45, 2.75) is 31.7 Å². The van der Waals surface area contributed by atoms with Crippen LogP contribution in [0.4, 0.5) is 13.2 Å². The Hall–Kier alpha value is -0.890. The molecular weight excluding hydrogens is 257 g/mol. The largest absolute Gasteiger partial charge is 0.472 e. The number of rotatable bonds is 5. The van der Waals surface area contributed by atoms with Crippen molar-refractivity contribution in [1.29, 1.82) is 0 Å². The number of carbonyl (C=O) groups is 1. The van der Waals surface area contributed by atoms with Crippen LogP contribution < -0.4 is 9.86 Å². The second-order valence-corrected chi connectivity index (χ2v) is 6.35. The number of nitrogens with one attached hydrogen (secondary N) is 1. The first-order valence-corrected chi connectivity index (χ1v) is 6.75. The van der Waals surface area contributed by atoms with E-state index in [1.165, 1.54) is 11.6 Å². The molecule has 0 aromatic carbocycles. The third kappa shape index (κ3) is 4.86. The average molecular weight is 274 g/mol. The van der Waals surface area contributed by atoms with Gasteiger partial charge in [0.25, 0.3) is 0 Å². The predicted octanol–water partition coefficient (Wildman–Crippen LogP) is 1.07. The summed E-state index contributed by atoms with van der Waals surface area (Å²) in [6.45, 7) is 6.58. The summed E-state index contributed by atoms with van der Waals surface area (Å²) in [7, 11) is -3.89. The van der Waals surface area contributed by atoms with E-state index in [0.29, 0.717) is 6.42 Å². The van der Waals surface area contributed by atoms with Gasteiger partial charge in [-0.25, -0.2) is 0 Å². The summed E-state index contributed by atoms with van der Waals surface area (Å²) in [5.74, 6) is -2.52. The zero-order valence-corrected chi connectivity index (χ0v) is 10.5. The molecule has 0 bridgehead atoms. The van der Waals surface area contributed by atoms with Crippen LogP contribution in [-0.4, -0.2) is 21.5 Å². The molecule has 0 spiro atoms. The summed E-state index contributed by atoms with van der Waals surface area (Å²) in [4.78, 5) is 10.7. The van der Waals surface area contributed by atoms with Crippen LogP contribution in [0.25, 0.3) is 0 Å². The first-order valence-electron chi connectivity index (χ1n) is 4.91. The molecule has 0 aliphatic carbocycles. The van der Waals surface area contributed by atoms with Crippen LogP contribution >= 0.6 is 0 Å². The van der Waals surface area contributed by atoms with Gasteiger partial charge in [0.2, 0.25) is 0 Å². The van der Waals surface area contributed by atoms with Gasteiger partial charge >= 0.3 is 12.1 Å². The Bertz CT molecular complexity index is 344. The number of carbonyl (C=O) groups excluding carboxylic acids is 1. The van der Waals surface area contributed by atoms with Gasteiger partial charge in [0, 0.05) is 15.6 Å².